The van der Waals surface area contributed by atoms with E-state index in [2.05, 4.69) is 10.1 Å². The summed E-state index contributed by atoms with van der Waals surface area (Å²) < 4.78 is 4.59. The molecule has 0 aromatic heterocycles. The summed E-state index contributed by atoms with van der Waals surface area (Å²) in [5, 5.41) is 11.0. The summed E-state index contributed by atoms with van der Waals surface area (Å²) in [5.74, 6) is -1.02. The molecule has 0 spiro atoms. The third kappa shape index (κ3) is 5.40. The molecule has 0 saturated carbocycles. The lowest BCUT2D eigenvalue weighted by Crippen LogP contribution is -2.41. The predicted molar refractivity (Wildman–Crippen MR) is 51.1 cm³/mol. The first-order chi connectivity index (χ1) is 6.61. The Bertz CT molecular complexity index is 193. The highest BCUT2D eigenvalue weighted by Gasteiger charge is 2.19. The van der Waals surface area contributed by atoms with Gasteiger partial charge in [-0.3, -0.25) is 0 Å². The lowest BCUT2D eigenvalue weighted by Gasteiger charge is -2.13. The van der Waals surface area contributed by atoms with E-state index >= 15 is 0 Å². The third-order valence-electron chi connectivity index (χ3n) is 1.71. The summed E-state index contributed by atoms with van der Waals surface area (Å²) in [6, 6.07) is -0.839. The van der Waals surface area contributed by atoms with E-state index in [0.29, 0.717) is 6.42 Å². The summed E-state index contributed by atoms with van der Waals surface area (Å²) in [5.41, 5.74) is 0. The van der Waals surface area contributed by atoms with Crippen LogP contribution in [0.15, 0.2) is 0 Å². The molecule has 0 aliphatic heterocycles. The SMILES string of the molecule is CCCC[C@H](NC(=O)OCC)C(=O)O. The van der Waals surface area contributed by atoms with Gasteiger partial charge < -0.3 is 15.2 Å². The van der Waals surface area contributed by atoms with Gasteiger partial charge in [-0.25, -0.2) is 9.59 Å². The molecule has 0 unspecified atom stereocenters. The molecule has 1 atom stereocenters. The van der Waals surface area contributed by atoms with E-state index in [0.717, 1.165) is 12.8 Å². The zero-order valence-electron chi connectivity index (χ0n) is 8.58. The van der Waals surface area contributed by atoms with Crippen molar-refractivity contribution in [3.63, 3.8) is 0 Å². The van der Waals surface area contributed by atoms with E-state index in [1.807, 2.05) is 6.92 Å². The average molecular weight is 203 g/mol. The van der Waals surface area contributed by atoms with E-state index in [1.54, 1.807) is 6.92 Å². The number of aliphatic carboxylic acids is 1. The minimum atomic E-state index is -1.02. The van der Waals surface area contributed by atoms with Crippen LogP contribution in [0.2, 0.25) is 0 Å². The van der Waals surface area contributed by atoms with Gasteiger partial charge in [-0.1, -0.05) is 19.8 Å². The summed E-state index contributed by atoms with van der Waals surface area (Å²) in [4.78, 5) is 21.6. The van der Waals surface area contributed by atoms with Crippen LogP contribution in [0.25, 0.3) is 0 Å². The molecular weight excluding hydrogens is 186 g/mol. The molecule has 0 fully saturated rings. The molecule has 0 bridgehead atoms. The second-order valence-electron chi connectivity index (χ2n) is 2.90. The molecular formula is C9H17NO4. The van der Waals surface area contributed by atoms with Gasteiger partial charge in [0.2, 0.25) is 0 Å². The van der Waals surface area contributed by atoms with Crippen LogP contribution in [0.3, 0.4) is 0 Å². The van der Waals surface area contributed by atoms with Gasteiger partial charge in [0, 0.05) is 0 Å². The number of carboxylic acid groups (broad SMARTS) is 1. The molecule has 82 valence electrons. The minimum Gasteiger partial charge on any atom is -0.480 e. The Kier molecular flexibility index (Phi) is 6.53. The van der Waals surface area contributed by atoms with Crippen molar-refractivity contribution in [1.29, 1.82) is 0 Å². The van der Waals surface area contributed by atoms with E-state index < -0.39 is 18.1 Å². The van der Waals surface area contributed by atoms with Gasteiger partial charge in [0.25, 0.3) is 0 Å². The second-order valence-corrected chi connectivity index (χ2v) is 2.90. The fourth-order valence-corrected chi connectivity index (χ4v) is 0.981. The number of carbonyl (C=O) groups is 2. The normalized spacial score (nSPS) is 11.9. The van der Waals surface area contributed by atoms with Crippen LogP contribution < -0.4 is 5.32 Å². The smallest absolute Gasteiger partial charge is 0.407 e. The van der Waals surface area contributed by atoms with E-state index in [-0.39, 0.29) is 6.61 Å². The number of hydrogen-bond acceptors (Lipinski definition) is 3. The highest BCUT2D eigenvalue weighted by atomic mass is 16.5. The van der Waals surface area contributed by atoms with Crippen LogP contribution in [0, 0.1) is 0 Å². The number of nitrogens with one attached hydrogen (secondary N) is 1. The van der Waals surface area contributed by atoms with Gasteiger partial charge >= 0.3 is 12.1 Å². The van der Waals surface area contributed by atoms with E-state index in [1.165, 1.54) is 0 Å². The highest BCUT2D eigenvalue weighted by molar-refractivity contribution is 5.79. The number of ether oxygens (including phenoxy) is 1. The Labute approximate surface area is 83.4 Å². The lowest BCUT2D eigenvalue weighted by atomic mass is 10.1. The molecule has 5 nitrogen and oxygen atoms in total. The fraction of sp³-hybridized carbons (Fsp3) is 0.778. The largest absolute Gasteiger partial charge is 0.480 e. The van der Waals surface area contributed by atoms with Crippen molar-refractivity contribution in [2.75, 3.05) is 6.61 Å². The first-order valence-corrected chi connectivity index (χ1v) is 4.77. The molecule has 5 heteroatoms. The molecule has 0 heterocycles. The maximum absolute atomic E-state index is 10.9. The van der Waals surface area contributed by atoms with Crippen molar-refractivity contribution in [2.45, 2.75) is 39.2 Å². The Hall–Kier alpha value is -1.26. The van der Waals surface area contributed by atoms with Gasteiger partial charge in [-0.05, 0) is 13.3 Å². The minimum absolute atomic E-state index is 0.242. The summed E-state index contributed by atoms with van der Waals surface area (Å²) >= 11 is 0. The summed E-state index contributed by atoms with van der Waals surface area (Å²) in [6.45, 7) is 3.87. The molecule has 0 rings (SSSR count). The zero-order chi connectivity index (χ0) is 11.0. The van der Waals surface area contributed by atoms with Crippen LogP contribution in [0.4, 0.5) is 4.79 Å². The number of carboxylic acids is 1. The van der Waals surface area contributed by atoms with Crippen LogP contribution in [0.1, 0.15) is 33.1 Å². The Morgan fingerprint density at radius 1 is 1.43 bits per heavy atom. The van der Waals surface area contributed by atoms with Crippen molar-refractivity contribution in [3.05, 3.63) is 0 Å². The Balaban J connectivity index is 3.95. The van der Waals surface area contributed by atoms with Crippen LogP contribution in [0.5, 0.6) is 0 Å². The maximum atomic E-state index is 10.9. The second kappa shape index (κ2) is 7.17. The molecule has 1 amide bonds. The van der Waals surface area contributed by atoms with Crippen LogP contribution >= 0.6 is 0 Å². The van der Waals surface area contributed by atoms with E-state index in [9.17, 15) is 9.59 Å². The average Bonchev–Trinajstić information content (AvgIpc) is 2.12. The van der Waals surface area contributed by atoms with Gasteiger partial charge in [0.1, 0.15) is 6.04 Å². The van der Waals surface area contributed by atoms with E-state index in [4.69, 9.17) is 5.11 Å². The van der Waals surface area contributed by atoms with Crippen LogP contribution in [-0.4, -0.2) is 29.8 Å². The monoisotopic (exact) mass is 203 g/mol. The van der Waals surface area contributed by atoms with Gasteiger partial charge in [0.05, 0.1) is 6.61 Å². The zero-order valence-corrected chi connectivity index (χ0v) is 8.58. The molecule has 2 N–H and O–H groups in total. The van der Waals surface area contributed by atoms with Crippen LogP contribution in [-0.2, 0) is 9.53 Å². The molecule has 0 radical (unpaired) electrons. The van der Waals surface area contributed by atoms with Gasteiger partial charge in [-0.2, -0.15) is 0 Å². The lowest BCUT2D eigenvalue weighted by molar-refractivity contribution is -0.139. The molecule has 0 aliphatic carbocycles. The highest BCUT2D eigenvalue weighted by Crippen LogP contribution is 2.01. The number of alkyl carbamates (subject to hydrolysis) is 1. The molecule has 0 aliphatic rings. The number of unbranched alkanes of at least 4 members (excludes halogenated alkanes) is 1. The van der Waals surface area contributed by atoms with Crippen molar-refractivity contribution < 1.29 is 19.4 Å². The van der Waals surface area contributed by atoms with Crippen molar-refractivity contribution in [3.8, 4) is 0 Å². The number of hydrogen-bond donors (Lipinski definition) is 2. The van der Waals surface area contributed by atoms with Crippen molar-refractivity contribution in [1.82, 2.24) is 5.32 Å². The summed E-state index contributed by atoms with van der Waals surface area (Å²) in [6.07, 6.45) is 1.43. The standard InChI is InChI=1S/C9H17NO4/c1-3-5-6-7(8(11)12)10-9(13)14-4-2/h7H,3-6H2,1-2H3,(H,10,13)(H,11,12)/t7-/m0/s1. The summed E-state index contributed by atoms with van der Waals surface area (Å²) in [7, 11) is 0. The maximum Gasteiger partial charge on any atom is 0.407 e. The van der Waals surface area contributed by atoms with Crippen molar-refractivity contribution >= 4 is 12.1 Å². The number of carbonyl (C=O) groups excluding carboxylic acids is 1. The number of amides is 1. The molecule has 0 aromatic rings. The first kappa shape index (κ1) is 12.7. The van der Waals surface area contributed by atoms with Gasteiger partial charge in [-0.15, -0.1) is 0 Å². The Morgan fingerprint density at radius 2 is 2.07 bits per heavy atom. The van der Waals surface area contributed by atoms with Gasteiger partial charge in [0.15, 0.2) is 0 Å². The molecule has 0 aromatic carbocycles. The quantitative estimate of drug-likeness (QED) is 0.683. The third-order valence-corrected chi connectivity index (χ3v) is 1.71. The number of rotatable bonds is 6. The molecule has 14 heavy (non-hydrogen) atoms. The fourth-order valence-electron chi connectivity index (χ4n) is 0.981. The topological polar surface area (TPSA) is 75.6 Å². The predicted octanol–water partition coefficient (Wildman–Crippen LogP) is 1.38. The molecule has 0 saturated heterocycles. The first-order valence-electron chi connectivity index (χ1n) is 4.77. The Morgan fingerprint density at radius 3 is 2.50 bits per heavy atom. The van der Waals surface area contributed by atoms with Crippen molar-refractivity contribution in [2.24, 2.45) is 0 Å².